The largest absolute Gasteiger partial charge is 0.497 e. The number of hydrogen-bond donors (Lipinski definition) is 0. The minimum absolute atomic E-state index is 0.300. The first kappa shape index (κ1) is 17.8. The van der Waals surface area contributed by atoms with E-state index in [9.17, 15) is 14.4 Å². The van der Waals surface area contributed by atoms with Crippen molar-refractivity contribution in [1.29, 1.82) is 0 Å². The van der Waals surface area contributed by atoms with E-state index in [1.165, 1.54) is 7.05 Å². The molecule has 0 aromatic heterocycles. The molecule has 2 amide bonds. The Bertz CT molecular complexity index is 887. The third-order valence-corrected chi connectivity index (χ3v) is 4.66. The summed E-state index contributed by atoms with van der Waals surface area (Å²) in [7, 11) is 3.00. The van der Waals surface area contributed by atoms with Crippen LogP contribution in [0.4, 0.5) is 4.79 Å². The van der Waals surface area contributed by atoms with Crippen molar-refractivity contribution in [3.05, 3.63) is 64.6 Å². The smallest absolute Gasteiger partial charge is 0.343 e. The fraction of sp³-hybridized carbons (Fsp3) is 0.105. The van der Waals surface area contributed by atoms with Crippen LogP contribution < -0.4 is 9.47 Å². The summed E-state index contributed by atoms with van der Waals surface area (Å²) in [6, 6.07) is 13.3. The average Bonchev–Trinajstić information content (AvgIpc) is 2.90. The Morgan fingerprint density at radius 2 is 1.62 bits per heavy atom. The number of carbonyl (C=O) groups is 3. The Hall–Kier alpha value is -3.06. The number of esters is 1. The summed E-state index contributed by atoms with van der Waals surface area (Å²) >= 11 is 0.895. The Morgan fingerprint density at radius 1 is 1.00 bits per heavy atom. The predicted molar refractivity (Wildman–Crippen MR) is 98.1 cm³/mol. The predicted octanol–water partition coefficient (Wildman–Crippen LogP) is 3.58. The molecule has 1 fully saturated rings. The summed E-state index contributed by atoms with van der Waals surface area (Å²) in [6.45, 7) is 0. The topological polar surface area (TPSA) is 72.9 Å². The first-order valence-electron chi connectivity index (χ1n) is 7.66. The van der Waals surface area contributed by atoms with Crippen molar-refractivity contribution in [2.45, 2.75) is 0 Å². The van der Waals surface area contributed by atoms with Crippen molar-refractivity contribution in [1.82, 2.24) is 4.90 Å². The van der Waals surface area contributed by atoms with Crippen molar-refractivity contribution in [3.63, 3.8) is 0 Å². The zero-order valence-electron chi connectivity index (χ0n) is 14.1. The number of benzene rings is 2. The summed E-state index contributed by atoms with van der Waals surface area (Å²) < 4.78 is 10.4. The van der Waals surface area contributed by atoms with Crippen molar-refractivity contribution < 1.29 is 23.9 Å². The fourth-order valence-electron chi connectivity index (χ4n) is 2.22. The number of ether oxygens (including phenoxy) is 2. The van der Waals surface area contributed by atoms with Gasteiger partial charge in [0.1, 0.15) is 11.5 Å². The van der Waals surface area contributed by atoms with Gasteiger partial charge in [-0.05, 0) is 59.8 Å². The summed E-state index contributed by atoms with van der Waals surface area (Å²) in [6.07, 6.45) is 1.63. The molecule has 0 unspecified atom stereocenters. The highest BCUT2D eigenvalue weighted by atomic mass is 32.2. The van der Waals surface area contributed by atoms with Crippen molar-refractivity contribution in [2.75, 3.05) is 14.2 Å². The summed E-state index contributed by atoms with van der Waals surface area (Å²) in [5.41, 5.74) is 1.14. The number of amides is 2. The lowest BCUT2D eigenvalue weighted by atomic mass is 10.2. The van der Waals surface area contributed by atoms with Gasteiger partial charge in [0.2, 0.25) is 0 Å². The molecule has 7 heteroatoms. The van der Waals surface area contributed by atoms with Gasteiger partial charge in [0.15, 0.2) is 0 Å². The molecule has 132 valence electrons. The molecule has 6 nitrogen and oxygen atoms in total. The van der Waals surface area contributed by atoms with E-state index >= 15 is 0 Å². The van der Waals surface area contributed by atoms with E-state index in [-0.39, 0.29) is 11.1 Å². The van der Waals surface area contributed by atoms with Gasteiger partial charge < -0.3 is 9.47 Å². The van der Waals surface area contributed by atoms with Gasteiger partial charge in [-0.15, -0.1) is 0 Å². The molecule has 1 aliphatic heterocycles. The molecule has 1 heterocycles. The lowest BCUT2D eigenvalue weighted by molar-refractivity contribution is -0.121. The minimum atomic E-state index is -0.479. The second kappa shape index (κ2) is 7.45. The summed E-state index contributed by atoms with van der Waals surface area (Å²) in [5.74, 6) is 0.233. The molecule has 0 bridgehead atoms. The Labute approximate surface area is 154 Å². The van der Waals surface area contributed by atoms with Crippen LogP contribution in [0.3, 0.4) is 0 Å². The molecular weight excluding hydrogens is 354 g/mol. The van der Waals surface area contributed by atoms with E-state index in [1.807, 2.05) is 0 Å². The van der Waals surface area contributed by atoms with Gasteiger partial charge >= 0.3 is 5.97 Å². The molecule has 2 aromatic rings. The average molecular weight is 369 g/mol. The van der Waals surface area contributed by atoms with Crippen LogP contribution >= 0.6 is 11.8 Å². The maximum absolute atomic E-state index is 12.1. The lowest BCUT2D eigenvalue weighted by Crippen LogP contribution is -2.22. The number of imide groups is 1. The highest BCUT2D eigenvalue weighted by molar-refractivity contribution is 8.18. The number of carbonyl (C=O) groups excluding carboxylic acids is 3. The molecule has 1 aliphatic rings. The van der Waals surface area contributed by atoms with E-state index < -0.39 is 5.97 Å². The molecule has 0 spiro atoms. The van der Waals surface area contributed by atoms with Gasteiger partial charge in [0, 0.05) is 7.05 Å². The molecule has 0 atom stereocenters. The van der Waals surface area contributed by atoms with Crippen molar-refractivity contribution in [2.24, 2.45) is 0 Å². The van der Waals surface area contributed by atoms with Crippen LogP contribution in [0.5, 0.6) is 11.5 Å². The number of rotatable bonds is 4. The molecule has 26 heavy (non-hydrogen) atoms. The van der Waals surface area contributed by atoms with E-state index in [1.54, 1.807) is 61.7 Å². The van der Waals surface area contributed by atoms with Crippen LogP contribution in [0.1, 0.15) is 15.9 Å². The number of hydrogen-bond acceptors (Lipinski definition) is 6. The van der Waals surface area contributed by atoms with Gasteiger partial charge in [-0.1, -0.05) is 12.1 Å². The normalized spacial score (nSPS) is 15.5. The van der Waals surface area contributed by atoms with E-state index in [4.69, 9.17) is 9.47 Å². The third-order valence-electron chi connectivity index (χ3n) is 3.70. The highest BCUT2D eigenvalue weighted by Crippen LogP contribution is 2.31. The SMILES string of the molecule is COc1ccc(C(=O)Oc2ccc(/C=C3/SC(=O)N(C)C3=O)cc2)cc1. The third kappa shape index (κ3) is 3.78. The van der Waals surface area contributed by atoms with E-state index in [2.05, 4.69) is 0 Å². The molecule has 0 saturated carbocycles. The van der Waals surface area contributed by atoms with Crippen LogP contribution in [0.25, 0.3) is 6.08 Å². The Kier molecular flexibility index (Phi) is 5.09. The molecular formula is C19H15NO5S. The maximum atomic E-state index is 12.1. The number of nitrogens with zero attached hydrogens (tertiary/aromatic N) is 1. The first-order chi connectivity index (χ1) is 12.5. The zero-order valence-corrected chi connectivity index (χ0v) is 14.9. The van der Waals surface area contributed by atoms with Gasteiger partial charge in [-0.2, -0.15) is 0 Å². The summed E-state index contributed by atoms with van der Waals surface area (Å²) in [5, 5.41) is -0.300. The number of likely N-dealkylation sites (N-methyl/N-ethyl adjacent to an activating group) is 1. The van der Waals surface area contributed by atoms with Crippen LogP contribution in [-0.2, 0) is 4.79 Å². The van der Waals surface area contributed by atoms with Gasteiger partial charge in [0.05, 0.1) is 17.6 Å². The molecule has 1 saturated heterocycles. The maximum Gasteiger partial charge on any atom is 0.343 e. The highest BCUT2D eigenvalue weighted by Gasteiger charge is 2.31. The van der Waals surface area contributed by atoms with Gasteiger partial charge in [0.25, 0.3) is 11.1 Å². The number of methoxy groups -OCH3 is 1. The summed E-state index contributed by atoms with van der Waals surface area (Å²) in [4.78, 5) is 36.9. The zero-order chi connectivity index (χ0) is 18.7. The first-order valence-corrected chi connectivity index (χ1v) is 8.47. The Morgan fingerprint density at radius 3 is 2.15 bits per heavy atom. The second-order valence-corrected chi connectivity index (χ2v) is 6.42. The van der Waals surface area contributed by atoms with Crippen LogP contribution in [0.2, 0.25) is 0 Å². The fourth-order valence-corrected chi connectivity index (χ4v) is 3.05. The molecule has 0 radical (unpaired) electrons. The quantitative estimate of drug-likeness (QED) is 0.466. The van der Waals surface area contributed by atoms with E-state index in [0.29, 0.717) is 22.0 Å². The molecule has 0 aliphatic carbocycles. The lowest BCUT2D eigenvalue weighted by Gasteiger charge is -2.06. The second-order valence-electron chi connectivity index (χ2n) is 5.43. The van der Waals surface area contributed by atoms with Gasteiger partial charge in [-0.3, -0.25) is 14.5 Å². The molecule has 2 aromatic carbocycles. The van der Waals surface area contributed by atoms with Crippen LogP contribution in [0.15, 0.2) is 53.4 Å². The van der Waals surface area contributed by atoms with Crippen molar-refractivity contribution >= 4 is 35.0 Å². The monoisotopic (exact) mass is 369 g/mol. The van der Waals surface area contributed by atoms with Gasteiger partial charge in [-0.25, -0.2) is 4.79 Å². The molecule has 3 rings (SSSR count). The van der Waals surface area contributed by atoms with Crippen molar-refractivity contribution in [3.8, 4) is 11.5 Å². The molecule has 0 N–H and O–H groups in total. The van der Waals surface area contributed by atoms with E-state index in [0.717, 1.165) is 22.2 Å². The standard InChI is InChI=1S/C19H15NO5S/c1-20-17(21)16(26-19(20)23)11-12-3-7-15(8-4-12)25-18(22)13-5-9-14(24-2)10-6-13/h3-11H,1-2H3/b16-11+. The van der Waals surface area contributed by atoms with Crippen LogP contribution in [-0.4, -0.2) is 36.2 Å². The number of thioether (sulfide) groups is 1. The Balaban J connectivity index is 1.68. The van der Waals surface area contributed by atoms with Crippen LogP contribution in [0, 0.1) is 0 Å². The minimum Gasteiger partial charge on any atom is -0.497 e.